The molecule has 3 nitrogen and oxygen atoms in total. The van der Waals surface area contributed by atoms with Crippen LogP contribution in [0.1, 0.15) is 48.2 Å². The van der Waals surface area contributed by atoms with Crippen LogP contribution in [0.2, 0.25) is 0 Å². The maximum absolute atomic E-state index is 12.7. The lowest BCUT2D eigenvalue weighted by Crippen LogP contribution is -2.56. The summed E-state index contributed by atoms with van der Waals surface area (Å²) in [5, 5.41) is 0. The Balaban J connectivity index is 2.29. The van der Waals surface area contributed by atoms with Crippen LogP contribution in [0.4, 0.5) is 0 Å². The summed E-state index contributed by atoms with van der Waals surface area (Å²) in [6, 6.07) is 6.01. The van der Waals surface area contributed by atoms with Crippen LogP contribution >= 0.6 is 0 Å². The van der Waals surface area contributed by atoms with E-state index >= 15 is 0 Å². The predicted molar refractivity (Wildman–Crippen MR) is 78.2 cm³/mol. The molecule has 3 heteroatoms. The van der Waals surface area contributed by atoms with E-state index in [-0.39, 0.29) is 17.5 Å². The van der Waals surface area contributed by atoms with E-state index in [1.807, 2.05) is 30.0 Å². The first-order chi connectivity index (χ1) is 8.81. The first-order valence-electron chi connectivity index (χ1n) is 6.96. The van der Waals surface area contributed by atoms with Crippen LogP contribution in [-0.2, 0) is 0 Å². The average molecular weight is 260 g/mol. The topological polar surface area (TPSA) is 46.3 Å². The highest BCUT2D eigenvalue weighted by Gasteiger charge is 2.36. The van der Waals surface area contributed by atoms with Gasteiger partial charge in [-0.1, -0.05) is 6.07 Å². The summed E-state index contributed by atoms with van der Waals surface area (Å²) in [5.41, 5.74) is 9.06. The number of amides is 1. The highest BCUT2D eigenvalue weighted by atomic mass is 16.2. The Hall–Kier alpha value is -1.35. The van der Waals surface area contributed by atoms with Gasteiger partial charge in [-0.05, 0) is 63.8 Å². The summed E-state index contributed by atoms with van der Waals surface area (Å²) in [6.45, 7) is 9.00. The molecule has 1 aliphatic heterocycles. The summed E-state index contributed by atoms with van der Waals surface area (Å²) in [5.74, 6) is 0.100. The maximum Gasteiger partial charge on any atom is 0.254 e. The van der Waals surface area contributed by atoms with Gasteiger partial charge in [-0.3, -0.25) is 4.79 Å². The molecule has 1 aromatic rings. The molecule has 0 bridgehead atoms. The molecule has 1 fully saturated rings. The number of hydrogen-bond acceptors (Lipinski definition) is 2. The van der Waals surface area contributed by atoms with Gasteiger partial charge in [0.15, 0.2) is 0 Å². The standard InChI is InChI=1S/C16H24N2O/c1-11-5-6-13(9-12(11)2)15(19)18-10-14(17)7-8-16(18,3)4/h5-6,9,14H,7-8,10,17H2,1-4H3. The Kier molecular flexibility index (Phi) is 3.68. The second-order valence-electron chi connectivity index (χ2n) is 6.33. The van der Waals surface area contributed by atoms with Gasteiger partial charge in [0.05, 0.1) is 0 Å². The van der Waals surface area contributed by atoms with E-state index in [4.69, 9.17) is 5.73 Å². The van der Waals surface area contributed by atoms with E-state index in [1.54, 1.807) is 0 Å². The summed E-state index contributed by atoms with van der Waals surface area (Å²) < 4.78 is 0. The van der Waals surface area contributed by atoms with Crippen molar-refractivity contribution >= 4 is 5.91 Å². The molecule has 1 aromatic carbocycles. The summed E-state index contributed by atoms with van der Waals surface area (Å²) >= 11 is 0. The fourth-order valence-electron chi connectivity index (χ4n) is 2.63. The van der Waals surface area contributed by atoms with Gasteiger partial charge in [-0.2, -0.15) is 0 Å². The molecule has 19 heavy (non-hydrogen) atoms. The normalized spacial score (nSPS) is 22.4. The Morgan fingerprint density at radius 1 is 1.32 bits per heavy atom. The minimum atomic E-state index is -0.105. The van der Waals surface area contributed by atoms with E-state index in [1.165, 1.54) is 5.56 Å². The molecule has 0 aliphatic carbocycles. The third kappa shape index (κ3) is 2.81. The lowest BCUT2D eigenvalue weighted by atomic mass is 9.87. The minimum absolute atomic E-state index is 0.100. The van der Waals surface area contributed by atoms with Gasteiger partial charge < -0.3 is 10.6 Å². The van der Waals surface area contributed by atoms with Gasteiger partial charge in [0.1, 0.15) is 0 Å². The summed E-state index contributed by atoms with van der Waals surface area (Å²) in [7, 11) is 0. The lowest BCUT2D eigenvalue weighted by Gasteiger charge is -2.44. The van der Waals surface area contributed by atoms with Crippen molar-refractivity contribution in [3.05, 3.63) is 34.9 Å². The van der Waals surface area contributed by atoms with Crippen molar-refractivity contribution < 1.29 is 4.79 Å². The quantitative estimate of drug-likeness (QED) is 0.843. The van der Waals surface area contributed by atoms with Crippen molar-refractivity contribution in [2.75, 3.05) is 6.54 Å². The molecule has 2 N–H and O–H groups in total. The highest BCUT2D eigenvalue weighted by Crippen LogP contribution is 2.28. The van der Waals surface area contributed by atoms with Crippen LogP contribution in [0.25, 0.3) is 0 Å². The molecule has 2 rings (SSSR count). The predicted octanol–water partition coefficient (Wildman–Crippen LogP) is 2.65. The molecule has 0 radical (unpaired) electrons. The molecular weight excluding hydrogens is 236 g/mol. The number of nitrogens with zero attached hydrogens (tertiary/aromatic N) is 1. The fraction of sp³-hybridized carbons (Fsp3) is 0.562. The molecule has 0 aromatic heterocycles. The zero-order chi connectivity index (χ0) is 14.2. The SMILES string of the molecule is Cc1ccc(C(=O)N2CC(N)CCC2(C)C)cc1C. The maximum atomic E-state index is 12.7. The number of hydrogen-bond donors (Lipinski definition) is 1. The Morgan fingerprint density at radius 2 is 2.00 bits per heavy atom. The molecule has 0 saturated carbocycles. The second-order valence-corrected chi connectivity index (χ2v) is 6.33. The molecule has 1 unspecified atom stereocenters. The number of benzene rings is 1. The molecular formula is C16H24N2O. The molecule has 0 spiro atoms. The number of carbonyl (C=O) groups excluding carboxylic acids is 1. The van der Waals surface area contributed by atoms with Gasteiger partial charge >= 0.3 is 0 Å². The molecule has 1 saturated heterocycles. The van der Waals surface area contributed by atoms with Crippen LogP contribution in [0.15, 0.2) is 18.2 Å². The molecule has 1 atom stereocenters. The molecule has 104 valence electrons. The van der Waals surface area contributed by atoms with Gasteiger partial charge in [-0.25, -0.2) is 0 Å². The third-order valence-corrected chi connectivity index (χ3v) is 4.27. The Morgan fingerprint density at radius 3 is 2.63 bits per heavy atom. The van der Waals surface area contributed by atoms with Crippen LogP contribution in [0.3, 0.4) is 0 Å². The van der Waals surface area contributed by atoms with E-state index in [9.17, 15) is 4.79 Å². The van der Waals surface area contributed by atoms with Crippen molar-refractivity contribution in [1.82, 2.24) is 4.90 Å². The van der Waals surface area contributed by atoms with Crippen LogP contribution in [-0.4, -0.2) is 28.9 Å². The Labute approximate surface area is 115 Å². The van der Waals surface area contributed by atoms with E-state index in [0.717, 1.165) is 24.0 Å². The van der Waals surface area contributed by atoms with E-state index < -0.39 is 0 Å². The smallest absolute Gasteiger partial charge is 0.254 e. The minimum Gasteiger partial charge on any atom is -0.332 e. The summed E-state index contributed by atoms with van der Waals surface area (Å²) in [6.07, 6.45) is 1.95. The first kappa shape index (κ1) is 14.1. The number of nitrogens with two attached hydrogens (primary N) is 1. The van der Waals surface area contributed by atoms with Crippen molar-refractivity contribution in [3.63, 3.8) is 0 Å². The van der Waals surface area contributed by atoms with Crippen LogP contribution in [0.5, 0.6) is 0 Å². The van der Waals surface area contributed by atoms with Crippen LogP contribution in [0, 0.1) is 13.8 Å². The van der Waals surface area contributed by atoms with E-state index in [2.05, 4.69) is 20.8 Å². The number of likely N-dealkylation sites (tertiary alicyclic amines) is 1. The van der Waals surface area contributed by atoms with Crippen molar-refractivity contribution in [2.24, 2.45) is 5.73 Å². The fourth-order valence-corrected chi connectivity index (χ4v) is 2.63. The monoisotopic (exact) mass is 260 g/mol. The molecule has 1 amide bonds. The van der Waals surface area contributed by atoms with Crippen molar-refractivity contribution in [1.29, 1.82) is 0 Å². The third-order valence-electron chi connectivity index (χ3n) is 4.27. The number of carbonyl (C=O) groups is 1. The highest BCUT2D eigenvalue weighted by molar-refractivity contribution is 5.95. The number of aryl methyl sites for hydroxylation is 2. The van der Waals surface area contributed by atoms with Crippen LogP contribution < -0.4 is 5.73 Å². The lowest BCUT2D eigenvalue weighted by molar-refractivity contribution is 0.0395. The van der Waals surface area contributed by atoms with Gasteiger partial charge in [0.2, 0.25) is 0 Å². The first-order valence-corrected chi connectivity index (χ1v) is 6.96. The Bertz CT molecular complexity index is 494. The average Bonchev–Trinajstić information content (AvgIpc) is 2.35. The van der Waals surface area contributed by atoms with Crippen molar-refractivity contribution in [3.8, 4) is 0 Å². The van der Waals surface area contributed by atoms with Crippen molar-refractivity contribution in [2.45, 2.75) is 52.1 Å². The molecule has 1 aliphatic rings. The zero-order valence-electron chi connectivity index (χ0n) is 12.4. The molecule has 1 heterocycles. The number of piperidine rings is 1. The second kappa shape index (κ2) is 4.97. The van der Waals surface area contributed by atoms with Gasteiger partial charge in [0.25, 0.3) is 5.91 Å². The largest absolute Gasteiger partial charge is 0.332 e. The zero-order valence-corrected chi connectivity index (χ0v) is 12.4. The van der Waals surface area contributed by atoms with Gasteiger partial charge in [0, 0.05) is 23.7 Å². The summed E-state index contributed by atoms with van der Waals surface area (Å²) in [4.78, 5) is 14.6. The van der Waals surface area contributed by atoms with Gasteiger partial charge in [-0.15, -0.1) is 0 Å². The van der Waals surface area contributed by atoms with E-state index in [0.29, 0.717) is 6.54 Å². The number of rotatable bonds is 1.